The van der Waals surface area contributed by atoms with Gasteiger partial charge in [0.15, 0.2) is 0 Å². The first-order valence-electron chi connectivity index (χ1n) is 10.7. The standard InChI is InChI=1S/C11H23NO2S.C7H13NO2S.C4H9.Li/c1-9(2)6-11(7-14-8-11)12-15(13)10(3,4)5;1-7(2,3)11(9)8-6-4-10-5-6;1-4(2)3;/h9,12H,6-8H2,1-5H3;4-5H2,1-3H3;4H,1H2,2-3H3;/q;;-1;+1. The smallest absolute Gasteiger partial charge is 0.377 e. The molecule has 2 atom stereocenters. The van der Waals surface area contributed by atoms with E-state index in [-0.39, 0.29) is 33.9 Å². The van der Waals surface area contributed by atoms with Gasteiger partial charge >= 0.3 is 18.9 Å². The van der Waals surface area contributed by atoms with Crippen molar-refractivity contribution in [2.75, 3.05) is 26.4 Å². The molecule has 0 amide bonds. The zero-order valence-corrected chi connectivity index (χ0v) is 23.4. The second-order valence-corrected chi connectivity index (χ2v) is 14.6. The molecule has 180 valence electrons. The van der Waals surface area contributed by atoms with E-state index in [0.29, 0.717) is 38.3 Å². The van der Waals surface area contributed by atoms with Gasteiger partial charge < -0.3 is 16.4 Å². The molecule has 0 aromatic rings. The molecule has 9 heteroatoms. The maximum Gasteiger partial charge on any atom is 1.00 e. The van der Waals surface area contributed by atoms with Crippen LogP contribution in [0.4, 0.5) is 0 Å². The number of ether oxygens (including phenoxy) is 2. The van der Waals surface area contributed by atoms with E-state index in [1.807, 2.05) is 41.5 Å². The molecule has 2 aliphatic rings. The Bertz CT molecular complexity index is 585. The largest absolute Gasteiger partial charge is 1.00 e. The molecule has 2 fully saturated rings. The van der Waals surface area contributed by atoms with Crippen LogP contribution in [0.25, 0.3) is 0 Å². The summed E-state index contributed by atoms with van der Waals surface area (Å²) < 4.78 is 40.3. The van der Waals surface area contributed by atoms with Crippen LogP contribution in [0.5, 0.6) is 0 Å². The Morgan fingerprint density at radius 2 is 1.45 bits per heavy atom. The molecule has 0 radical (unpaired) electrons. The van der Waals surface area contributed by atoms with E-state index in [9.17, 15) is 8.42 Å². The molecule has 2 unspecified atom stereocenters. The third-order valence-electron chi connectivity index (χ3n) is 3.69. The van der Waals surface area contributed by atoms with Crippen LogP contribution in [-0.2, 0) is 31.4 Å². The molecule has 0 aliphatic carbocycles. The molecule has 2 rings (SSSR count). The van der Waals surface area contributed by atoms with Gasteiger partial charge in [-0.1, -0.05) is 27.7 Å². The van der Waals surface area contributed by atoms with Gasteiger partial charge in [0.1, 0.15) is 11.0 Å². The summed E-state index contributed by atoms with van der Waals surface area (Å²) in [6.45, 7) is 26.3. The summed E-state index contributed by atoms with van der Waals surface area (Å²) in [5, 5.41) is 0. The molecule has 2 heterocycles. The van der Waals surface area contributed by atoms with Crippen LogP contribution in [0, 0.1) is 18.8 Å². The van der Waals surface area contributed by atoms with Crippen molar-refractivity contribution in [3.8, 4) is 0 Å². The molecule has 0 aromatic heterocycles. The Hall–Kier alpha value is 0.447. The summed E-state index contributed by atoms with van der Waals surface area (Å²) >= 11 is 0. The summed E-state index contributed by atoms with van der Waals surface area (Å²) in [7, 11) is -2.11. The van der Waals surface area contributed by atoms with E-state index in [0.717, 1.165) is 12.1 Å². The third-order valence-corrected chi connectivity index (χ3v) is 6.90. The summed E-state index contributed by atoms with van der Waals surface area (Å²) in [5.41, 5.74) is 0.866. The van der Waals surface area contributed by atoms with Crippen molar-refractivity contribution in [3.63, 3.8) is 0 Å². The molecule has 0 aromatic carbocycles. The second kappa shape index (κ2) is 14.7. The fraction of sp³-hybridized carbons (Fsp3) is 0.909. The number of hydrogen-bond donors (Lipinski definition) is 1. The van der Waals surface area contributed by atoms with Crippen LogP contribution in [0.1, 0.15) is 75.7 Å². The zero-order valence-electron chi connectivity index (χ0n) is 21.8. The monoisotopic (exact) mass is 472 g/mol. The van der Waals surface area contributed by atoms with Crippen molar-refractivity contribution in [1.29, 1.82) is 0 Å². The number of nitrogens with one attached hydrogen (secondary N) is 1. The Morgan fingerprint density at radius 3 is 1.68 bits per heavy atom. The fourth-order valence-corrected chi connectivity index (χ4v) is 3.71. The topological polar surface area (TPSA) is 77.0 Å². The molecule has 0 saturated carbocycles. The Morgan fingerprint density at radius 1 is 1.00 bits per heavy atom. The van der Waals surface area contributed by atoms with Crippen LogP contribution in [0.3, 0.4) is 0 Å². The van der Waals surface area contributed by atoms with Gasteiger partial charge in [0, 0.05) is 0 Å². The first-order chi connectivity index (χ1) is 13.5. The van der Waals surface area contributed by atoms with Crippen LogP contribution in [-0.4, -0.2) is 55.6 Å². The number of hydrogen-bond acceptors (Lipinski definition) is 4. The van der Waals surface area contributed by atoms with Gasteiger partial charge in [-0.05, 0) is 53.9 Å². The van der Waals surface area contributed by atoms with Crippen molar-refractivity contribution >= 4 is 27.7 Å². The van der Waals surface area contributed by atoms with Crippen LogP contribution in [0.2, 0.25) is 0 Å². The Labute approximate surface area is 208 Å². The first kappa shape index (κ1) is 33.6. The molecule has 1 N–H and O–H groups in total. The van der Waals surface area contributed by atoms with E-state index in [1.165, 1.54) is 0 Å². The molecular formula is C22H45LiN2O4S2. The Kier molecular flexibility index (Phi) is 15.9. The average molecular weight is 473 g/mol. The maximum atomic E-state index is 12.0. The maximum absolute atomic E-state index is 12.0. The zero-order chi connectivity index (χ0) is 23.8. The van der Waals surface area contributed by atoms with Gasteiger partial charge in [-0.25, -0.2) is 13.1 Å². The van der Waals surface area contributed by atoms with Crippen LogP contribution >= 0.6 is 0 Å². The van der Waals surface area contributed by atoms with E-state index >= 15 is 0 Å². The van der Waals surface area contributed by atoms with Gasteiger partial charge in [-0.15, -0.1) is 0 Å². The predicted octanol–water partition coefficient (Wildman–Crippen LogP) is 1.25. The van der Waals surface area contributed by atoms with Crippen molar-refractivity contribution in [2.24, 2.45) is 16.2 Å². The molecule has 0 spiro atoms. The van der Waals surface area contributed by atoms with Crippen molar-refractivity contribution in [3.05, 3.63) is 6.92 Å². The Balaban J connectivity index is 0. The second-order valence-electron chi connectivity index (χ2n) is 10.8. The number of rotatable bonds is 5. The van der Waals surface area contributed by atoms with Crippen LogP contribution < -0.4 is 23.6 Å². The van der Waals surface area contributed by atoms with E-state index in [4.69, 9.17) is 9.47 Å². The van der Waals surface area contributed by atoms with Gasteiger partial charge in [-0.3, -0.25) is 0 Å². The third kappa shape index (κ3) is 15.1. The fourth-order valence-electron chi connectivity index (χ4n) is 2.20. The van der Waals surface area contributed by atoms with Gasteiger partial charge in [-0.2, -0.15) is 10.3 Å². The quantitative estimate of drug-likeness (QED) is 0.483. The molecule has 0 bridgehead atoms. The summed E-state index contributed by atoms with van der Waals surface area (Å²) in [6.07, 6.45) is 1.02. The first-order valence-corrected chi connectivity index (χ1v) is 12.9. The molecule has 2 saturated heterocycles. The minimum Gasteiger partial charge on any atom is -0.377 e. The van der Waals surface area contributed by atoms with Crippen molar-refractivity contribution in [2.45, 2.75) is 90.7 Å². The number of nitrogens with zero attached hydrogens (tertiary/aromatic N) is 1. The van der Waals surface area contributed by atoms with E-state index in [2.05, 4.69) is 43.7 Å². The van der Waals surface area contributed by atoms with Crippen molar-refractivity contribution in [1.82, 2.24) is 4.72 Å². The summed E-state index contributed by atoms with van der Waals surface area (Å²) in [4.78, 5) is 0. The minimum atomic E-state index is -1.11. The van der Waals surface area contributed by atoms with Gasteiger partial charge in [0.25, 0.3) is 0 Å². The summed E-state index contributed by atoms with van der Waals surface area (Å²) in [6, 6.07) is 0. The van der Waals surface area contributed by atoms with E-state index < -0.39 is 22.0 Å². The predicted molar refractivity (Wildman–Crippen MR) is 130 cm³/mol. The average Bonchev–Trinajstić information content (AvgIpc) is 2.46. The summed E-state index contributed by atoms with van der Waals surface area (Å²) in [5.74, 6) is 1.18. The normalized spacial score (nSPS) is 19.5. The molecule has 2 aliphatic heterocycles. The molecule has 31 heavy (non-hydrogen) atoms. The van der Waals surface area contributed by atoms with Crippen LogP contribution in [0.15, 0.2) is 4.40 Å². The SMILES string of the molecule is CC(C)(C)S(=O)N=C1COC1.CC(C)CC1(NS(=O)C(C)(C)C)COC1.[CH2-]C(C)C.[Li+]. The van der Waals surface area contributed by atoms with E-state index in [1.54, 1.807) is 0 Å². The molecular weight excluding hydrogens is 427 g/mol. The van der Waals surface area contributed by atoms with Gasteiger partial charge in [0.05, 0.1) is 58.2 Å². The van der Waals surface area contributed by atoms with Gasteiger partial charge in [0.2, 0.25) is 0 Å². The van der Waals surface area contributed by atoms with Crippen molar-refractivity contribution < 1.29 is 36.8 Å². The molecule has 6 nitrogen and oxygen atoms in total. The minimum absolute atomic E-state index is 0.